The molecule has 0 unspecified atom stereocenters. The Bertz CT molecular complexity index is 249. The molecule has 12 heavy (non-hydrogen) atoms. The lowest BCUT2D eigenvalue weighted by Gasteiger charge is -2.10. The third-order valence-corrected chi connectivity index (χ3v) is 2.23. The van der Waals surface area contributed by atoms with E-state index in [2.05, 4.69) is 27.0 Å². The molecule has 0 aliphatic heterocycles. The van der Waals surface area contributed by atoms with Crippen LogP contribution in [0.2, 0.25) is 0 Å². The van der Waals surface area contributed by atoms with Gasteiger partial charge in [-0.05, 0) is 11.0 Å². The van der Waals surface area contributed by atoms with Gasteiger partial charge in [0.2, 0.25) is 0 Å². The van der Waals surface area contributed by atoms with Gasteiger partial charge in [0.15, 0.2) is 12.8 Å². The molecule has 68 valence electrons. The Hall–Kier alpha value is -0.440. The Morgan fingerprint density at radius 1 is 1.50 bits per heavy atom. The van der Waals surface area contributed by atoms with Crippen LogP contribution in [0.3, 0.4) is 0 Å². The molecule has 0 amide bonds. The van der Waals surface area contributed by atoms with Gasteiger partial charge in [0.05, 0.1) is 6.07 Å². The Kier molecular flexibility index (Phi) is 2.83. The van der Waals surface area contributed by atoms with Crippen LogP contribution in [-0.4, -0.2) is 6.26 Å². The van der Waals surface area contributed by atoms with Gasteiger partial charge < -0.3 is 0 Å². The van der Waals surface area contributed by atoms with E-state index < -0.39 is 0 Å². The van der Waals surface area contributed by atoms with E-state index in [1.807, 2.05) is 10.8 Å². The maximum absolute atomic E-state index is 5.33. The van der Waals surface area contributed by atoms with Crippen molar-refractivity contribution in [1.82, 2.24) is 0 Å². The number of hydrogen-bond donors (Lipinski definition) is 0. The largest absolute Gasteiger partial charge is 0.288 e. The molecule has 0 spiro atoms. The molecule has 1 heterocycles. The zero-order chi connectivity index (χ0) is 9.19. The number of rotatable bonds is 2. The number of hydrogen-bond acceptors (Lipinski definition) is 2. The number of nitrogens with zero attached hydrogens (tertiary/aromatic N) is 1. The minimum atomic E-state index is 0.271. The summed E-state index contributed by atoms with van der Waals surface area (Å²) in [5, 5.41) is 1.19. The van der Waals surface area contributed by atoms with Crippen molar-refractivity contribution < 1.29 is 9.26 Å². The molecule has 0 bridgehead atoms. The van der Waals surface area contributed by atoms with Gasteiger partial charge in [-0.15, -0.1) is 0 Å². The Balaban J connectivity index is 2.75. The van der Waals surface area contributed by atoms with Crippen LogP contribution in [0.5, 0.6) is 0 Å². The Morgan fingerprint density at radius 3 is 2.67 bits per heavy atom. The van der Waals surface area contributed by atoms with Crippen molar-refractivity contribution in [3.8, 4) is 0 Å². The minimum absolute atomic E-state index is 0.271. The SMILES string of the molecule is CSc1cco[n+]1CC(C)(C)C. The summed E-state index contributed by atoms with van der Waals surface area (Å²) in [7, 11) is 0. The summed E-state index contributed by atoms with van der Waals surface area (Å²) < 4.78 is 7.26. The summed E-state index contributed by atoms with van der Waals surface area (Å²) in [5.41, 5.74) is 0.271. The lowest BCUT2D eigenvalue weighted by Crippen LogP contribution is -2.39. The first-order chi connectivity index (χ1) is 5.53. The first kappa shape index (κ1) is 9.65. The molecule has 0 saturated carbocycles. The van der Waals surface area contributed by atoms with E-state index in [4.69, 9.17) is 4.52 Å². The van der Waals surface area contributed by atoms with Crippen LogP contribution in [-0.2, 0) is 6.54 Å². The molecule has 3 heteroatoms. The molecule has 0 aliphatic carbocycles. The van der Waals surface area contributed by atoms with Gasteiger partial charge in [-0.2, -0.15) is 0 Å². The van der Waals surface area contributed by atoms with E-state index in [1.54, 1.807) is 18.0 Å². The predicted molar refractivity (Wildman–Crippen MR) is 50.1 cm³/mol. The third kappa shape index (κ3) is 2.55. The lowest BCUT2D eigenvalue weighted by molar-refractivity contribution is -0.898. The second kappa shape index (κ2) is 3.52. The molecule has 0 aromatic carbocycles. The summed E-state index contributed by atoms with van der Waals surface area (Å²) in [6.45, 7) is 7.53. The highest BCUT2D eigenvalue weighted by Gasteiger charge is 2.22. The quantitative estimate of drug-likeness (QED) is 0.521. The van der Waals surface area contributed by atoms with Gasteiger partial charge in [-0.1, -0.05) is 32.5 Å². The number of aromatic nitrogens is 1. The van der Waals surface area contributed by atoms with Gasteiger partial charge in [0.1, 0.15) is 0 Å². The van der Waals surface area contributed by atoms with Gasteiger partial charge in [0.25, 0.3) is 5.03 Å². The fourth-order valence-electron chi connectivity index (χ4n) is 1.01. The molecule has 1 aromatic rings. The Labute approximate surface area is 77.9 Å². The molecule has 0 radical (unpaired) electrons. The smallest absolute Gasteiger partial charge is 0.244 e. The highest BCUT2D eigenvalue weighted by atomic mass is 32.2. The zero-order valence-corrected chi connectivity index (χ0v) is 8.94. The van der Waals surface area contributed by atoms with Crippen molar-refractivity contribution in [1.29, 1.82) is 0 Å². The first-order valence-electron chi connectivity index (χ1n) is 4.05. The highest BCUT2D eigenvalue weighted by molar-refractivity contribution is 7.98. The van der Waals surface area contributed by atoms with E-state index >= 15 is 0 Å². The predicted octanol–water partition coefficient (Wildman–Crippen LogP) is 2.34. The standard InChI is InChI=1S/C9H16NOS/c1-9(2,3)7-10-8(12-4)5-6-11-10/h5-6H,7H2,1-4H3/q+1. The van der Waals surface area contributed by atoms with Crippen molar-refractivity contribution in [3.05, 3.63) is 12.3 Å². The molecular formula is C9H16NOS+. The van der Waals surface area contributed by atoms with Crippen LogP contribution in [0, 0.1) is 5.41 Å². The summed E-state index contributed by atoms with van der Waals surface area (Å²) in [6.07, 6.45) is 3.79. The van der Waals surface area contributed by atoms with Gasteiger partial charge in [-0.25, -0.2) is 4.52 Å². The van der Waals surface area contributed by atoms with Crippen LogP contribution in [0.25, 0.3) is 0 Å². The lowest BCUT2D eigenvalue weighted by atomic mass is 9.97. The van der Waals surface area contributed by atoms with Crippen molar-refractivity contribution >= 4 is 11.8 Å². The highest BCUT2D eigenvalue weighted by Crippen LogP contribution is 2.15. The van der Waals surface area contributed by atoms with Crippen LogP contribution in [0.1, 0.15) is 20.8 Å². The van der Waals surface area contributed by atoms with E-state index in [1.165, 1.54) is 5.03 Å². The second-order valence-corrected chi connectivity index (χ2v) is 4.87. The molecule has 0 saturated heterocycles. The van der Waals surface area contributed by atoms with E-state index in [-0.39, 0.29) is 5.41 Å². The van der Waals surface area contributed by atoms with Crippen LogP contribution < -0.4 is 4.74 Å². The summed E-state index contributed by atoms with van der Waals surface area (Å²) in [4.78, 5) is 0. The summed E-state index contributed by atoms with van der Waals surface area (Å²) in [6, 6.07) is 2.00. The zero-order valence-electron chi connectivity index (χ0n) is 8.13. The molecule has 2 nitrogen and oxygen atoms in total. The molecular weight excluding hydrogens is 170 g/mol. The van der Waals surface area contributed by atoms with Crippen molar-refractivity contribution in [2.24, 2.45) is 5.41 Å². The fourth-order valence-corrected chi connectivity index (χ4v) is 1.52. The van der Waals surface area contributed by atoms with Crippen LogP contribution >= 0.6 is 11.8 Å². The summed E-state index contributed by atoms with van der Waals surface area (Å²) >= 11 is 1.71. The maximum Gasteiger partial charge on any atom is 0.288 e. The minimum Gasteiger partial charge on any atom is -0.244 e. The van der Waals surface area contributed by atoms with Gasteiger partial charge in [0, 0.05) is 5.41 Å². The van der Waals surface area contributed by atoms with E-state index in [0.717, 1.165) is 6.54 Å². The molecule has 1 rings (SSSR count). The van der Waals surface area contributed by atoms with E-state index in [9.17, 15) is 0 Å². The van der Waals surface area contributed by atoms with Crippen molar-refractivity contribution in [2.45, 2.75) is 32.3 Å². The Morgan fingerprint density at radius 2 is 2.17 bits per heavy atom. The normalized spacial score (nSPS) is 12.0. The van der Waals surface area contributed by atoms with Crippen LogP contribution in [0.15, 0.2) is 21.9 Å². The van der Waals surface area contributed by atoms with Gasteiger partial charge in [-0.3, -0.25) is 0 Å². The molecule has 0 fully saturated rings. The number of thioether (sulfide) groups is 1. The monoisotopic (exact) mass is 186 g/mol. The molecule has 0 aliphatic rings. The van der Waals surface area contributed by atoms with Gasteiger partial charge >= 0.3 is 0 Å². The topological polar surface area (TPSA) is 17.0 Å². The fraction of sp³-hybridized carbons (Fsp3) is 0.667. The average molecular weight is 186 g/mol. The van der Waals surface area contributed by atoms with Crippen LogP contribution in [0.4, 0.5) is 0 Å². The van der Waals surface area contributed by atoms with Crippen molar-refractivity contribution in [3.63, 3.8) is 0 Å². The maximum atomic E-state index is 5.33. The molecule has 0 atom stereocenters. The first-order valence-corrected chi connectivity index (χ1v) is 5.27. The van der Waals surface area contributed by atoms with E-state index in [0.29, 0.717) is 0 Å². The summed E-state index contributed by atoms with van der Waals surface area (Å²) in [5.74, 6) is 0. The third-order valence-electron chi connectivity index (χ3n) is 1.47. The molecule has 0 N–H and O–H groups in total. The molecule has 1 aromatic heterocycles. The average Bonchev–Trinajstić information content (AvgIpc) is 2.31. The van der Waals surface area contributed by atoms with Crippen molar-refractivity contribution in [2.75, 3.05) is 6.26 Å². The second-order valence-electron chi connectivity index (χ2n) is 4.05.